The quantitative estimate of drug-likeness (QED) is 0.888. The van der Waals surface area contributed by atoms with Crippen molar-refractivity contribution >= 4 is 10.0 Å². The molecule has 1 N–H and O–H groups in total. The summed E-state index contributed by atoms with van der Waals surface area (Å²) < 4.78 is 38.4. The Morgan fingerprint density at radius 3 is 2.29 bits per heavy atom. The lowest BCUT2D eigenvalue weighted by Gasteiger charge is -2.21. The van der Waals surface area contributed by atoms with E-state index in [-0.39, 0.29) is 16.8 Å². The number of aromatic nitrogens is 2. The normalized spacial score (nSPS) is 12.0. The lowest BCUT2D eigenvalue weighted by Crippen LogP contribution is -2.40. The van der Waals surface area contributed by atoms with Gasteiger partial charge in [-0.15, -0.1) is 0 Å². The highest BCUT2D eigenvalue weighted by atomic mass is 32.2. The summed E-state index contributed by atoms with van der Waals surface area (Å²) in [5, 5.41) is 0. The molecular weight excluding hydrogens is 330 g/mol. The molecule has 130 valence electrons. The van der Waals surface area contributed by atoms with E-state index in [1.165, 1.54) is 26.5 Å². The van der Waals surface area contributed by atoms with Gasteiger partial charge in [0.05, 0.1) is 24.7 Å². The number of nitrogens with one attached hydrogen (secondary N) is 1. The average molecular weight is 351 g/mol. The Balaban J connectivity index is 2.62. The molecule has 0 amide bonds. The van der Waals surface area contributed by atoms with E-state index in [1.54, 1.807) is 39.0 Å². The van der Waals surface area contributed by atoms with Gasteiger partial charge >= 0.3 is 6.01 Å². The molecule has 0 aliphatic carbocycles. The van der Waals surface area contributed by atoms with Crippen molar-refractivity contribution in [3.8, 4) is 23.0 Å². The van der Waals surface area contributed by atoms with Crippen molar-refractivity contribution in [2.24, 2.45) is 0 Å². The van der Waals surface area contributed by atoms with E-state index < -0.39 is 15.6 Å². The minimum Gasteiger partial charge on any atom is -0.480 e. The van der Waals surface area contributed by atoms with E-state index in [0.29, 0.717) is 11.1 Å². The molecular formula is C16H21N3O4S. The highest BCUT2D eigenvalue weighted by Gasteiger charge is 2.26. The van der Waals surface area contributed by atoms with Crippen molar-refractivity contribution in [2.75, 3.05) is 14.2 Å². The Labute approximate surface area is 142 Å². The number of hydrogen-bond donors (Lipinski definition) is 1. The monoisotopic (exact) mass is 351 g/mol. The number of benzene rings is 1. The zero-order valence-corrected chi connectivity index (χ0v) is 15.1. The van der Waals surface area contributed by atoms with Gasteiger partial charge in [-0.1, -0.05) is 18.2 Å². The van der Waals surface area contributed by atoms with Gasteiger partial charge in [0.15, 0.2) is 0 Å². The zero-order chi connectivity index (χ0) is 18.0. The summed E-state index contributed by atoms with van der Waals surface area (Å²) in [4.78, 5) is 8.30. The Morgan fingerprint density at radius 2 is 1.71 bits per heavy atom. The van der Waals surface area contributed by atoms with Gasteiger partial charge in [0, 0.05) is 17.3 Å². The first-order valence-corrected chi connectivity index (χ1v) is 8.74. The highest BCUT2D eigenvalue weighted by molar-refractivity contribution is 7.89. The fourth-order valence-corrected chi connectivity index (χ4v) is 3.81. The van der Waals surface area contributed by atoms with Crippen LogP contribution in [0.3, 0.4) is 0 Å². The zero-order valence-electron chi connectivity index (χ0n) is 14.3. The number of ether oxygens (including phenoxy) is 2. The second kappa shape index (κ2) is 6.74. The van der Waals surface area contributed by atoms with Crippen LogP contribution >= 0.6 is 0 Å². The number of hydrogen-bond acceptors (Lipinski definition) is 6. The van der Waals surface area contributed by atoms with Crippen molar-refractivity contribution in [3.63, 3.8) is 0 Å². The Bertz CT molecular complexity index is 829. The molecule has 0 radical (unpaired) electrons. The number of methoxy groups -OCH3 is 2. The predicted octanol–water partition coefficient (Wildman–Crippen LogP) is 2.24. The predicted molar refractivity (Wildman–Crippen MR) is 90.6 cm³/mol. The fourth-order valence-electron chi connectivity index (χ4n) is 2.17. The van der Waals surface area contributed by atoms with Crippen molar-refractivity contribution < 1.29 is 17.9 Å². The number of sulfonamides is 1. The molecule has 0 bridgehead atoms. The molecule has 1 heterocycles. The smallest absolute Gasteiger partial charge is 0.319 e. The van der Waals surface area contributed by atoms with Crippen LogP contribution in [0.1, 0.15) is 20.8 Å². The molecule has 0 atom stereocenters. The molecule has 0 fully saturated rings. The topological polar surface area (TPSA) is 90.4 Å². The summed E-state index contributed by atoms with van der Waals surface area (Å²) >= 11 is 0. The maximum atomic E-state index is 12.7. The van der Waals surface area contributed by atoms with Gasteiger partial charge < -0.3 is 9.47 Å². The molecule has 2 rings (SSSR count). The summed E-state index contributed by atoms with van der Waals surface area (Å²) in [6, 6.07) is 6.77. The second-order valence-corrected chi connectivity index (χ2v) is 7.78. The third-order valence-electron chi connectivity index (χ3n) is 3.01. The van der Waals surface area contributed by atoms with Gasteiger partial charge in [0.25, 0.3) is 0 Å². The van der Waals surface area contributed by atoms with E-state index in [2.05, 4.69) is 14.7 Å². The summed E-state index contributed by atoms with van der Waals surface area (Å²) in [5.74, 6) is 0.236. The van der Waals surface area contributed by atoms with Crippen LogP contribution in [-0.4, -0.2) is 38.1 Å². The first-order chi connectivity index (χ1) is 11.2. The SMILES string of the molecule is COc1ncc(-c2ccccc2S(=O)(=O)NC(C)(C)C)c(OC)n1. The lowest BCUT2D eigenvalue weighted by atomic mass is 10.1. The minimum atomic E-state index is -3.73. The Kier molecular flexibility index (Phi) is 5.10. The van der Waals surface area contributed by atoms with Crippen molar-refractivity contribution in [1.82, 2.24) is 14.7 Å². The van der Waals surface area contributed by atoms with E-state index in [1.807, 2.05) is 0 Å². The second-order valence-electron chi connectivity index (χ2n) is 6.13. The summed E-state index contributed by atoms with van der Waals surface area (Å²) in [6.45, 7) is 5.35. The standard InChI is InChI=1S/C16H21N3O4S/c1-16(2,3)19-24(20,21)13-9-7-6-8-11(13)12-10-17-15(23-5)18-14(12)22-4/h6-10,19H,1-5H3. The minimum absolute atomic E-state index is 0.131. The van der Waals surface area contributed by atoms with Crippen LogP contribution in [-0.2, 0) is 10.0 Å². The summed E-state index contributed by atoms with van der Waals surface area (Å²) in [7, 11) is -0.831. The van der Waals surface area contributed by atoms with Crippen molar-refractivity contribution in [2.45, 2.75) is 31.2 Å². The first kappa shape index (κ1) is 18.2. The molecule has 1 aromatic heterocycles. The van der Waals surface area contributed by atoms with Crippen LogP contribution in [0.5, 0.6) is 11.9 Å². The van der Waals surface area contributed by atoms with Crippen LogP contribution < -0.4 is 14.2 Å². The third-order valence-corrected chi connectivity index (χ3v) is 4.83. The van der Waals surface area contributed by atoms with Gasteiger partial charge in [-0.3, -0.25) is 0 Å². The van der Waals surface area contributed by atoms with Crippen molar-refractivity contribution in [3.05, 3.63) is 30.5 Å². The van der Waals surface area contributed by atoms with Gasteiger partial charge in [-0.25, -0.2) is 18.1 Å². The molecule has 0 spiro atoms. The van der Waals surface area contributed by atoms with E-state index >= 15 is 0 Å². The molecule has 0 aliphatic rings. The molecule has 0 saturated heterocycles. The number of nitrogens with zero attached hydrogens (tertiary/aromatic N) is 2. The molecule has 0 saturated carbocycles. The summed E-state index contributed by atoms with van der Waals surface area (Å²) in [6.07, 6.45) is 1.48. The molecule has 1 aromatic carbocycles. The van der Waals surface area contributed by atoms with E-state index in [0.717, 1.165) is 0 Å². The largest absolute Gasteiger partial charge is 0.480 e. The van der Waals surface area contributed by atoms with Crippen LogP contribution in [0.4, 0.5) is 0 Å². The van der Waals surface area contributed by atoms with E-state index in [4.69, 9.17) is 9.47 Å². The first-order valence-electron chi connectivity index (χ1n) is 7.26. The van der Waals surface area contributed by atoms with E-state index in [9.17, 15) is 8.42 Å². The number of rotatable bonds is 5. The lowest BCUT2D eigenvalue weighted by molar-refractivity contribution is 0.353. The van der Waals surface area contributed by atoms with Gasteiger partial charge in [-0.2, -0.15) is 4.98 Å². The third kappa shape index (κ3) is 4.01. The van der Waals surface area contributed by atoms with Crippen LogP contribution in [0.25, 0.3) is 11.1 Å². The molecule has 2 aromatic rings. The van der Waals surface area contributed by atoms with Gasteiger partial charge in [0.2, 0.25) is 15.9 Å². The Morgan fingerprint density at radius 1 is 1.04 bits per heavy atom. The van der Waals surface area contributed by atoms with Gasteiger partial charge in [0.1, 0.15) is 0 Å². The molecule has 24 heavy (non-hydrogen) atoms. The molecule has 0 aliphatic heterocycles. The maximum absolute atomic E-state index is 12.7. The highest BCUT2D eigenvalue weighted by Crippen LogP contribution is 2.33. The van der Waals surface area contributed by atoms with Crippen LogP contribution in [0, 0.1) is 0 Å². The summed E-state index contributed by atoms with van der Waals surface area (Å²) in [5.41, 5.74) is 0.314. The molecule has 0 unspecified atom stereocenters. The fraction of sp³-hybridized carbons (Fsp3) is 0.375. The Hall–Kier alpha value is -2.19. The van der Waals surface area contributed by atoms with Gasteiger partial charge in [-0.05, 0) is 26.8 Å². The molecule has 7 nitrogen and oxygen atoms in total. The maximum Gasteiger partial charge on any atom is 0.319 e. The van der Waals surface area contributed by atoms with Crippen molar-refractivity contribution in [1.29, 1.82) is 0 Å². The average Bonchev–Trinajstić information content (AvgIpc) is 2.52. The van der Waals surface area contributed by atoms with Crippen LogP contribution in [0.15, 0.2) is 35.4 Å². The molecule has 8 heteroatoms. The van der Waals surface area contributed by atoms with Crippen LogP contribution in [0.2, 0.25) is 0 Å².